The number of hydrogen-bond donors (Lipinski definition) is 2. The highest BCUT2D eigenvalue weighted by molar-refractivity contribution is 5.85. The fraction of sp³-hybridized carbons (Fsp3) is 0.143. The molecule has 11 heavy (non-hydrogen) atoms. The third kappa shape index (κ3) is 2.37. The molecule has 3 N–H and O–H groups in total. The Hall–Kier alpha value is -0.800. The first-order valence-electron chi connectivity index (χ1n) is 2.89. The number of nitrogen functional groups attached to an aromatic ring is 1. The van der Waals surface area contributed by atoms with Crippen molar-refractivity contribution in [2.75, 3.05) is 5.73 Å². The van der Waals surface area contributed by atoms with E-state index in [9.17, 15) is 4.39 Å². The van der Waals surface area contributed by atoms with Crippen molar-refractivity contribution in [2.45, 2.75) is 6.61 Å². The number of aliphatic hydroxyl groups excluding tert-OH is 1. The lowest BCUT2D eigenvalue weighted by Crippen LogP contribution is -1.92. The number of rotatable bonds is 1. The van der Waals surface area contributed by atoms with E-state index in [4.69, 9.17) is 10.8 Å². The van der Waals surface area contributed by atoms with Crippen LogP contribution < -0.4 is 5.73 Å². The zero-order valence-electron chi connectivity index (χ0n) is 5.75. The van der Waals surface area contributed by atoms with Gasteiger partial charge in [-0.3, -0.25) is 0 Å². The largest absolute Gasteiger partial charge is 0.396 e. The molecule has 1 aromatic rings. The van der Waals surface area contributed by atoms with Gasteiger partial charge < -0.3 is 10.8 Å². The second-order valence-electron chi connectivity index (χ2n) is 2.01. The summed E-state index contributed by atoms with van der Waals surface area (Å²) in [5.41, 5.74) is 5.91. The van der Waals surface area contributed by atoms with Gasteiger partial charge in [-0.15, -0.1) is 12.4 Å². The highest BCUT2D eigenvalue weighted by Gasteiger charge is 1.96. The predicted octanol–water partition coefficient (Wildman–Crippen LogP) is 1.32. The first-order valence-corrected chi connectivity index (χ1v) is 2.89. The number of hydrogen-bond acceptors (Lipinski definition) is 2. The van der Waals surface area contributed by atoms with E-state index in [1.165, 1.54) is 18.2 Å². The standard InChI is InChI=1S/C7H8FNO.ClH/c8-6-2-1-5(4-10)3-7(6)9;/h1-3,10H,4,9H2;1H. The van der Waals surface area contributed by atoms with Crippen molar-refractivity contribution in [2.24, 2.45) is 0 Å². The Bertz CT molecular complexity index is 242. The number of aliphatic hydroxyl groups is 1. The topological polar surface area (TPSA) is 46.2 Å². The number of benzene rings is 1. The van der Waals surface area contributed by atoms with Crippen LogP contribution in [0.3, 0.4) is 0 Å². The average molecular weight is 178 g/mol. The van der Waals surface area contributed by atoms with Crippen molar-refractivity contribution in [3.8, 4) is 0 Å². The fourth-order valence-electron chi connectivity index (χ4n) is 0.692. The summed E-state index contributed by atoms with van der Waals surface area (Å²) in [5, 5.41) is 8.57. The van der Waals surface area contributed by atoms with Gasteiger partial charge in [0.2, 0.25) is 0 Å². The van der Waals surface area contributed by atoms with Gasteiger partial charge in [-0.1, -0.05) is 6.07 Å². The SMILES string of the molecule is Cl.Nc1cc(CO)ccc1F. The fourth-order valence-corrected chi connectivity index (χ4v) is 0.692. The molecule has 0 unspecified atom stereocenters. The molecule has 4 heteroatoms. The molecule has 0 atom stereocenters. The van der Waals surface area contributed by atoms with Gasteiger partial charge in [-0.25, -0.2) is 4.39 Å². The molecule has 0 bridgehead atoms. The van der Waals surface area contributed by atoms with E-state index in [-0.39, 0.29) is 24.7 Å². The minimum absolute atomic E-state index is 0. The molecular weight excluding hydrogens is 169 g/mol. The zero-order valence-corrected chi connectivity index (χ0v) is 6.57. The molecule has 0 aromatic heterocycles. The minimum atomic E-state index is -0.447. The molecule has 0 saturated heterocycles. The van der Waals surface area contributed by atoms with E-state index >= 15 is 0 Å². The van der Waals surface area contributed by atoms with E-state index in [2.05, 4.69) is 0 Å². The number of halogens is 2. The molecule has 0 aliphatic rings. The van der Waals surface area contributed by atoms with Gasteiger partial charge in [0.15, 0.2) is 0 Å². The Morgan fingerprint density at radius 3 is 2.55 bits per heavy atom. The van der Waals surface area contributed by atoms with Gasteiger partial charge in [0.05, 0.1) is 12.3 Å². The van der Waals surface area contributed by atoms with Crippen LogP contribution in [-0.4, -0.2) is 5.11 Å². The second-order valence-corrected chi connectivity index (χ2v) is 2.01. The summed E-state index contributed by atoms with van der Waals surface area (Å²) < 4.78 is 12.4. The first-order chi connectivity index (χ1) is 4.74. The lowest BCUT2D eigenvalue weighted by atomic mass is 10.2. The van der Waals surface area contributed by atoms with Crippen molar-refractivity contribution in [1.82, 2.24) is 0 Å². The maximum absolute atomic E-state index is 12.4. The van der Waals surface area contributed by atoms with Crippen molar-refractivity contribution >= 4 is 18.1 Å². The van der Waals surface area contributed by atoms with Gasteiger partial charge in [0.1, 0.15) is 5.82 Å². The lowest BCUT2D eigenvalue weighted by Gasteiger charge is -1.97. The van der Waals surface area contributed by atoms with Crippen LogP contribution in [0.2, 0.25) is 0 Å². The van der Waals surface area contributed by atoms with E-state index < -0.39 is 5.82 Å². The van der Waals surface area contributed by atoms with Crippen LogP contribution in [0.1, 0.15) is 5.56 Å². The Balaban J connectivity index is 0.000001000. The smallest absolute Gasteiger partial charge is 0.146 e. The monoisotopic (exact) mass is 177 g/mol. The highest BCUT2D eigenvalue weighted by Crippen LogP contribution is 2.11. The summed E-state index contributed by atoms with van der Waals surface area (Å²) in [6.07, 6.45) is 0. The maximum Gasteiger partial charge on any atom is 0.146 e. The molecule has 2 nitrogen and oxygen atoms in total. The summed E-state index contributed by atoms with van der Waals surface area (Å²) in [4.78, 5) is 0. The van der Waals surface area contributed by atoms with E-state index in [1.54, 1.807) is 0 Å². The number of nitrogens with two attached hydrogens (primary N) is 1. The van der Waals surface area contributed by atoms with Crippen LogP contribution in [0.15, 0.2) is 18.2 Å². The molecular formula is C7H9ClFNO. The van der Waals surface area contributed by atoms with Gasteiger partial charge in [0, 0.05) is 0 Å². The third-order valence-corrected chi connectivity index (χ3v) is 1.24. The molecule has 0 amide bonds. The van der Waals surface area contributed by atoms with E-state index in [1.807, 2.05) is 0 Å². The molecule has 0 aliphatic carbocycles. The van der Waals surface area contributed by atoms with Crippen LogP contribution >= 0.6 is 12.4 Å². The summed E-state index contributed by atoms with van der Waals surface area (Å²) in [6, 6.07) is 4.14. The molecule has 0 fully saturated rings. The molecule has 0 heterocycles. The quantitative estimate of drug-likeness (QED) is 0.636. The van der Waals surface area contributed by atoms with Gasteiger partial charge >= 0.3 is 0 Å². The van der Waals surface area contributed by atoms with Crippen molar-refractivity contribution in [3.05, 3.63) is 29.6 Å². The van der Waals surface area contributed by atoms with Gasteiger partial charge in [-0.05, 0) is 17.7 Å². The summed E-state index contributed by atoms with van der Waals surface area (Å²) in [5.74, 6) is -0.447. The molecule has 0 radical (unpaired) electrons. The first kappa shape index (κ1) is 10.2. The van der Waals surface area contributed by atoms with Gasteiger partial charge in [0.25, 0.3) is 0 Å². The second kappa shape index (κ2) is 4.16. The molecule has 0 spiro atoms. The van der Waals surface area contributed by atoms with E-state index in [0.29, 0.717) is 5.56 Å². The summed E-state index contributed by atoms with van der Waals surface area (Å²) in [6.45, 7) is -0.107. The average Bonchev–Trinajstić information content (AvgIpc) is 1.95. The maximum atomic E-state index is 12.4. The Kier molecular flexibility index (Phi) is 3.85. The molecule has 1 aromatic carbocycles. The minimum Gasteiger partial charge on any atom is -0.396 e. The summed E-state index contributed by atoms with van der Waals surface area (Å²) >= 11 is 0. The van der Waals surface area contributed by atoms with Crippen molar-refractivity contribution in [1.29, 1.82) is 0 Å². The molecule has 0 aliphatic heterocycles. The van der Waals surface area contributed by atoms with Crippen LogP contribution in [0.25, 0.3) is 0 Å². The molecule has 0 saturated carbocycles. The Morgan fingerprint density at radius 2 is 2.09 bits per heavy atom. The zero-order chi connectivity index (χ0) is 7.56. The predicted molar refractivity (Wildman–Crippen MR) is 44.0 cm³/mol. The third-order valence-electron chi connectivity index (χ3n) is 1.24. The van der Waals surface area contributed by atoms with Crippen LogP contribution in [0.5, 0.6) is 0 Å². The summed E-state index contributed by atoms with van der Waals surface area (Å²) in [7, 11) is 0. The van der Waals surface area contributed by atoms with Crippen LogP contribution in [-0.2, 0) is 6.61 Å². The van der Waals surface area contributed by atoms with Crippen molar-refractivity contribution < 1.29 is 9.50 Å². The highest BCUT2D eigenvalue weighted by atomic mass is 35.5. The Morgan fingerprint density at radius 1 is 1.45 bits per heavy atom. The van der Waals surface area contributed by atoms with Crippen molar-refractivity contribution in [3.63, 3.8) is 0 Å². The lowest BCUT2D eigenvalue weighted by molar-refractivity contribution is 0.282. The normalized spacial score (nSPS) is 8.91. The molecule has 62 valence electrons. The van der Waals surface area contributed by atoms with Gasteiger partial charge in [-0.2, -0.15) is 0 Å². The van der Waals surface area contributed by atoms with Crippen LogP contribution in [0.4, 0.5) is 10.1 Å². The van der Waals surface area contributed by atoms with Crippen LogP contribution in [0, 0.1) is 5.82 Å². The van der Waals surface area contributed by atoms with E-state index in [0.717, 1.165) is 0 Å². The number of anilines is 1. The molecule has 1 rings (SSSR count). The Labute approximate surface area is 70.2 Å².